The second-order valence-corrected chi connectivity index (χ2v) is 11.6. The van der Waals surface area contributed by atoms with Crippen molar-refractivity contribution in [3.8, 4) is 11.5 Å². The second-order valence-electron chi connectivity index (χ2n) is 9.49. The fraction of sp³-hybridized carbons (Fsp3) is 0.333. The first-order valence-electron chi connectivity index (χ1n) is 12.8. The molecular weight excluding hydrogens is 597 g/mol. The van der Waals surface area contributed by atoms with E-state index in [4.69, 9.17) is 9.47 Å². The van der Waals surface area contributed by atoms with Gasteiger partial charge in [0, 0.05) is 6.54 Å². The van der Waals surface area contributed by atoms with E-state index in [0.29, 0.717) is 42.1 Å². The van der Waals surface area contributed by atoms with E-state index in [0.717, 1.165) is 39.3 Å². The summed E-state index contributed by atoms with van der Waals surface area (Å²) in [4.78, 5) is 27.6. The van der Waals surface area contributed by atoms with Crippen molar-refractivity contribution in [3.05, 3.63) is 74.2 Å². The molecule has 1 aliphatic heterocycles. The van der Waals surface area contributed by atoms with Crippen LogP contribution in [0.15, 0.2) is 59.5 Å². The molecule has 2 amide bonds. The monoisotopic (exact) mass is 627 g/mol. The Morgan fingerprint density at radius 2 is 1.81 bits per heavy atom. The van der Waals surface area contributed by atoms with Crippen LogP contribution in [0.4, 0.5) is 4.79 Å². The highest BCUT2D eigenvalue weighted by molar-refractivity contribution is 14.1. The van der Waals surface area contributed by atoms with E-state index in [-0.39, 0.29) is 11.1 Å². The van der Waals surface area contributed by atoms with Gasteiger partial charge in [0.1, 0.15) is 6.61 Å². The number of benzene rings is 3. The summed E-state index contributed by atoms with van der Waals surface area (Å²) in [6, 6.07) is 18.3. The van der Waals surface area contributed by atoms with Crippen LogP contribution in [0.1, 0.15) is 50.2 Å². The fourth-order valence-corrected chi connectivity index (χ4v) is 6.71. The summed E-state index contributed by atoms with van der Waals surface area (Å²) < 4.78 is 13.1. The molecular formula is C30H30INO4S. The van der Waals surface area contributed by atoms with Gasteiger partial charge in [0.2, 0.25) is 0 Å². The number of fused-ring (bicyclic) bond motifs is 1. The summed E-state index contributed by atoms with van der Waals surface area (Å²) >= 11 is 3.27. The molecule has 3 aromatic carbocycles. The van der Waals surface area contributed by atoms with Crippen molar-refractivity contribution in [3.63, 3.8) is 0 Å². The molecule has 37 heavy (non-hydrogen) atoms. The highest BCUT2D eigenvalue weighted by atomic mass is 127. The molecule has 1 saturated heterocycles. The molecule has 0 radical (unpaired) electrons. The molecule has 7 heteroatoms. The van der Waals surface area contributed by atoms with E-state index in [9.17, 15) is 9.59 Å². The fourth-order valence-electron chi connectivity index (χ4n) is 5.08. The van der Waals surface area contributed by atoms with Gasteiger partial charge in [-0.05, 0) is 100 Å². The van der Waals surface area contributed by atoms with Gasteiger partial charge in [-0.3, -0.25) is 14.5 Å². The van der Waals surface area contributed by atoms with E-state index in [1.807, 2.05) is 37.3 Å². The Hall–Kier alpha value is -2.52. The number of amides is 2. The van der Waals surface area contributed by atoms with Gasteiger partial charge in [0.15, 0.2) is 11.5 Å². The van der Waals surface area contributed by atoms with Gasteiger partial charge in [0.25, 0.3) is 11.1 Å². The Balaban J connectivity index is 1.36. The van der Waals surface area contributed by atoms with Crippen LogP contribution in [-0.4, -0.2) is 29.2 Å². The Bertz CT molecular complexity index is 1340. The average molecular weight is 628 g/mol. The number of nitrogens with zero attached hydrogens (tertiary/aromatic N) is 1. The van der Waals surface area contributed by atoms with Gasteiger partial charge < -0.3 is 9.47 Å². The number of carbonyl (C=O) groups is 2. The summed E-state index contributed by atoms with van der Waals surface area (Å²) in [5, 5.41) is 2.17. The van der Waals surface area contributed by atoms with Crippen LogP contribution in [0.3, 0.4) is 0 Å². The molecule has 0 aromatic heterocycles. The van der Waals surface area contributed by atoms with E-state index >= 15 is 0 Å². The van der Waals surface area contributed by atoms with E-state index in [1.54, 1.807) is 6.08 Å². The molecule has 192 valence electrons. The van der Waals surface area contributed by atoms with Gasteiger partial charge in [-0.25, -0.2) is 0 Å². The zero-order valence-corrected chi connectivity index (χ0v) is 23.8. The third-order valence-electron chi connectivity index (χ3n) is 6.92. The molecule has 2 fully saturated rings. The Morgan fingerprint density at radius 1 is 1.03 bits per heavy atom. The first-order chi connectivity index (χ1) is 18.0. The minimum absolute atomic E-state index is 0.170. The third-order valence-corrected chi connectivity index (χ3v) is 8.63. The highest BCUT2D eigenvalue weighted by Crippen LogP contribution is 2.39. The molecule has 0 spiro atoms. The largest absolute Gasteiger partial charge is 0.490 e. The van der Waals surface area contributed by atoms with Gasteiger partial charge in [0.05, 0.1) is 15.1 Å². The van der Waals surface area contributed by atoms with Crippen molar-refractivity contribution in [1.29, 1.82) is 0 Å². The van der Waals surface area contributed by atoms with E-state index in [1.165, 1.54) is 34.9 Å². The third kappa shape index (κ3) is 5.98. The second kappa shape index (κ2) is 11.9. The zero-order valence-electron chi connectivity index (χ0n) is 20.9. The zero-order chi connectivity index (χ0) is 25.8. The van der Waals surface area contributed by atoms with Crippen molar-refractivity contribution in [2.45, 2.75) is 45.6 Å². The molecule has 0 unspecified atom stereocenters. The van der Waals surface area contributed by atoms with Crippen LogP contribution in [0.5, 0.6) is 11.5 Å². The minimum atomic E-state index is -0.190. The number of hydrogen-bond donors (Lipinski definition) is 0. The maximum Gasteiger partial charge on any atom is 0.293 e. The number of imide groups is 1. The number of rotatable bonds is 8. The van der Waals surface area contributed by atoms with Crippen molar-refractivity contribution in [2.75, 3.05) is 13.2 Å². The van der Waals surface area contributed by atoms with Gasteiger partial charge in [-0.2, -0.15) is 0 Å². The van der Waals surface area contributed by atoms with Crippen molar-refractivity contribution in [1.82, 2.24) is 4.90 Å². The Morgan fingerprint density at radius 3 is 2.62 bits per heavy atom. The van der Waals surface area contributed by atoms with Crippen molar-refractivity contribution < 1.29 is 19.1 Å². The van der Waals surface area contributed by atoms with Crippen molar-refractivity contribution >= 4 is 62.3 Å². The topological polar surface area (TPSA) is 55.8 Å². The molecule has 2 aliphatic rings. The molecule has 1 aliphatic carbocycles. The molecule has 5 rings (SSSR count). The first kappa shape index (κ1) is 26.1. The predicted octanol–water partition coefficient (Wildman–Crippen LogP) is 8.04. The molecule has 5 nitrogen and oxygen atoms in total. The van der Waals surface area contributed by atoms with Crippen molar-refractivity contribution in [2.24, 2.45) is 5.92 Å². The van der Waals surface area contributed by atoms with Crippen LogP contribution in [-0.2, 0) is 11.4 Å². The number of carbonyl (C=O) groups excluding carboxylic acids is 2. The van der Waals surface area contributed by atoms with Gasteiger partial charge in [-0.1, -0.05) is 61.7 Å². The normalized spacial score (nSPS) is 17.7. The Labute approximate surface area is 235 Å². The summed E-state index contributed by atoms with van der Waals surface area (Å²) in [5.74, 6) is 1.54. The average Bonchev–Trinajstić information content (AvgIpc) is 3.16. The van der Waals surface area contributed by atoms with Crippen LogP contribution in [0.25, 0.3) is 16.8 Å². The smallest absolute Gasteiger partial charge is 0.293 e. The Kier molecular flexibility index (Phi) is 8.39. The SMILES string of the molecule is CCOc1cc(/C=C2/SC(=O)N(CC3CCCCC3)C2=O)cc(I)c1OCc1cccc2ccccc12. The minimum Gasteiger partial charge on any atom is -0.490 e. The summed E-state index contributed by atoms with van der Waals surface area (Å²) in [6.07, 6.45) is 7.61. The lowest BCUT2D eigenvalue weighted by atomic mass is 9.89. The molecule has 0 N–H and O–H groups in total. The van der Waals surface area contributed by atoms with Crippen LogP contribution in [0.2, 0.25) is 0 Å². The quantitative estimate of drug-likeness (QED) is 0.187. The van der Waals surface area contributed by atoms with Gasteiger partial charge in [-0.15, -0.1) is 0 Å². The van der Waals surface area contributed by atoms with E-state index in [2.05, 4.69) is 46.9 Å². The molecule has 1 heterocycles. The number of halogens is 1. The van der Waals surface area contributed by atoms with Crippen LogP contribution >= 0.6 is 34.4 Å². The molecule has 0 bridgehead atoms. The molecule has 3 aromatic rings. The summed E-state index contributed by atoms with van der Waals surface area (Å²) in [7, 11) is 0. The maximum absolute atomic E-state index is 13.1. The van der Waals surface area contributed by atoms with Gasteiger partial charge >= 0.3 is 0 Å². The lowest BCUT2D eigenvalue weighted by Gasteiger charge is -2.25. The standard InChI is InChI=1S/C30H30INO4S/c1-2-35-26-16-21(17-27-29(33)32(30(34)37-27)18-20-9-4-3-5-10-20)15-25(31)28(26)36-19-23-13-8-12-22-11-6-7-14-24(22)23/h6-8,11-17,20H,2-5,9-10,18-19H2,1H3/b27-17+. The molecule has 0 atom stereocenters. The summed E-state index contributed by atoms with van der Waals surface area (Å²) in [5.41, 5.74) is 1.92. The number of thioether (sulfide) groups is 1. The molecule has 1 saturated carbocycles. The maximum atomic E-state index is 13.1. The lowest BCUT2D eigenvalue weighted by molar-refractivity contribution is -0.123. The number of hydrogen-bond acceptors (Lipinski definition) is 5. The van der Waals surface area contributed by atoms with Crippen LogP contribution in [0, 0.1) is 9.49 Å². The summed E-state index contributed by atoms with van der Waals surface area (Å²) in [6.45, 7) is 3.37. The highest BCUT2D eigenvalue weighted by Gasteiger charge is 2.36. The van der Waals surface area contributed by atoms with Crippen LogP contribution < -0.4 is 9.47 Å². The number of ether oxygens (including phenoxy) is 2. The first-order valence-corrected chi connectivity index (χ1v) is 14.7. The van der Waals surface area contributed by atoms with E-state index < -0.39 is 0 Å². The predicted molar refractivity (Wildman–Crippen MR) is 158 cm³/mol. The lowest BCUT2D eigenvalue weighted by Crippen LogP contribution is -2.34.